The van der Waals surface area contributed by atoms with Gasteiger partial charge in [-0.3, -0.25) is 0 Å². The Kier molecular flexibility index (Phi) is 9.50. The Morgan fingerprint density at radius 1 is 1.23 bits per heavy atom. The topological polar surface area (TPSA) is 36.1 Å². The lowest BCUT2D eigenvalue weighted by atomic mass is 9.96. The Hall–Kier alpha value is 0.412. The van der Waals surface area contributed by atoms with Crippen molar-refractivity contribution < 1.29 is 0 Å². The van der Waals surface area contributed by atoms with Crippen LogP contribution in [-0.2, 0) is 0 Å². The predicted molar refractivity (Wildman–Crippen MR) is 63.9 cm³/mol. The molecule has 0 saturated carbocycles. The summed E-state index contributed by atoms with van der Waals surface area (Å²) in [6, 6.07) is 0.174. The fraction of sp³-hybridized carbons (Fsp3) is 0.889. The van der Waals surface area contributed by atoms with Gasteiger partial charge < -0.3 is 16.0 Å². The minimum absolute atomic E-state index is 0. The van der Waals surface area contributed by atoms with Crippen LogP contribution < -0.4 is 16.0 Å². The van der Waals surface area contributed by atoms with Crippen molar-refractivity contribution in [3.8, 4) is 0 Å². The Labute approximate surface area is 93.2 Å². The zero-order valence-electron chi connectivity index (χ0n) is 8.70. The molecule has 0 amide bonds. The molecule has 1 radical (unpaired) electrons. The van der Waals surface area contributed by atoms with Gasteiger partial charge >= 0.3 is 0 Å². The summed E-state index contributed by atoms with van der Waals surface area (Å²) in [5.41, 5.74) is -0.0799. The van der Waals surface area contributed by atoms with Crippen LogP contribution in [0.4, 0.5) is 0 Å². The SMILES string of the molecule is [AlH3].[CH2]C(NC)C(CCC)(NC)NC. The molecular weight excluding hydrogens is 177 g/mol. The number of hydrogen-bond acceptors (Lipinski definition) is 3. The van der Waals surface area contributed by atoms with Crippen LogP contribution in [-0.4, -0.2) is 50.2 Å². The third kappa shape index (κ3) is 3.97. The summed E-state index contributed by atoms with van der Waals surface area (Å²) < 4.78 is 0. The van der Waals surface area contributed by atoms with Gasteiger partial charge in [-0.1, -0.05) is 13.3 Å². The summed E-state index contributed by atoms with van der Waals surface area (Å²) in [4.78, 5) is 0. The van der Waals surface area contributed by atoms with E-state index in [-0.39, 0.29) is 29.1 Å². The quantitative estimate of drug-likeness (QED) is 0.388. The summed E-state index contributed by atoms with van der Waals surface area (Å²) in [5.74, 6) is 0. The third-order valence-electron chi connectivity index (χ3n) is 2.48. The first-order chi connectivity index (χ1) is 5.66. The van der Waals surface area contributed by atoms with E-state index in [2.05, 4.69) is 29.8 Å². The highest BCUT2D eigenvalue weighted by Crippen LogP contribution is 2.12. The second-order valence-electron chi connectivity index (χ2n) is 3.06. The van der Waals surface area contributed by atoms with E-state index in [1.165, 1.54) is 0 Å². The Morgan fingerprint density at radius 2 is 1.69 bits per heavy atom. The average molecular weight is 202 g/mol. The molecule has 4 heteroatoms. The molecule has 0 aliphatic carbocycles. The molecule has 1 atom stereocenters. The van der Waals surface area contributed by atoms with E-state index in [4.69, 9.17) is 0 Å². The highest BCUT2D eigenvalue weighted by Gasteiger charge is 2.30. The molecule has 0 aromatic heterocycles. The summed E-state index contributed by atoms with van der Waals surface area (Å²) in [6.45, 7) is 6.23. The van der Waals surface area contributed by atoms with Crippen molar-refractivity contribution in [2.24, 2.45) is 0 Å². The van der Waals surface area contributed by atoms with E-state index in [1.54, 1.807) is 0 Å². The van der Waals surface area contributed by atoms with Gasteiger partial charge in [0.1, 0.15) is 0 Å². The fourth-order valence-electron chi connectivity index (χ4n) is 1.54. The highest BCUT2D eigenvalue weighted by atomic mass is 27.0. The van der Waals surface area contributed by atoms with Gasteiger partial charge in [0.25, 0.3) is 0 Å². The summed E-state index contributed by atoms with van der Waals surface area (Å²) >= 11 is 0. The van der Waals surface area contributed by atoms with Crippen molar-refractivity contribution >= 4 is 17.4 Å². The lowest BCUT2D eigenvalue weighted by Crippen LogP contribution is -2.64. The van der Waals surface area contributed by atoms with Crippen molar-refractivity contribution in [3.63, 3.8) is 0 Å². The molecule has 0 spiro atoms. The van der Waals surface area contributed by atoms with E-state index in [1.807, 2.05) is 21.1 Å². The predicted octanol–water partition coefficient (Wildman–Crippen LogP) is -0.840. The number of rotatable bonds is 6. The molecule has 0 aliphatic heterocycles. The van der Waals surface area contributed by atoms with Gasteiger partial charge in [0.2, 0.25) is 0 Å². The maximum absolute atomic E-state index is 4.05. The van der Waals surface area contributed by atoms with E-state index in [0.29, 0.717) is 0 Å². The highest BCUT2D eigenvalue weighted by molar-refractivity contribution is 5.75. The molecule has 13 heavy (non-hydrogen) atoms. The summed E-state index contributed by atoms with van der Waals surface area (Å²) in [5, 5.41) is 9.72. The van der Waals surface area contributed by atoms with Crippen LogP contribution in [0, 0.1) is 6.92 Å². The second kappa shape index (κ2) is 7.78. The minimum atomic E-state index is -0.0799. The third-order valence-corrected chi connectivity index (χ3v) is 2.48. The molecule has 0 rings (SSSR count). The monoisotopic (exact) mass is 202 g/mol. The first-order valence-electron chi connectivity index (χ1n) is 4.55. The van der Waals surface area contributed by atoms with Crippen LogP contribution in [0.3, 0.4) is 0 Å². The molecule has 0 saturated heterocycles. The van der Waals surface area contributed by atoms with E-state index < -0.39 is 0 Å². The van der Waals surface area contributed by atoms with Gasteiger partial charge in [0.15, 0.2) is 17.4 Å². The van der Waals surface area contributed by atoms with Crippen molar-refractivity contribution in [1.29, 1.82) is 0 Å². The molecule has 0 heterocycles. The minimum Gasteiger partial charge on any atom is -0.314 e. The molecule has 1 unspecified atom stereocenters. The molecule has 3 nitrogen and oxygen atoms in total. The van der Waals surface area contributed by atoms with Gasteiger partial charge in [-0.25, -0.2) is 0 Å². The van der Waals surface area contributed by atoms with Crippen molar-refractivity contribution in [3.05, 3.63) is 6.92 Å². The van der Waals surface area contributed by atoms with Gasteiger partial charge in [-0.05, 0) is 34.5 Å². The molecule has 79 valence electrons. The first kappa shape index (κ1) is 15.9. The molecule has 0 aromatic carbocycles. The van der Waals surface area contributed by atoms with Crippen molar-refractivity contribution in [2.75, 3.05) is 21.1 Å². The molecular formula is C9H25AlN3. The largest absolute Gasteiger partial charge is 0.314 e. The first-order valence-corrected chi connectivity index (χ1v) is 4.55. The lowest BCUT2D eigenvalue weighted by Gasteiger charge is -2.38. The standard InChI is InChI=1S/C9H22N3.Al.3H/c1-6-7-9(11-4,12-5)8(2)10-3;;;;/h8,10-12H,2,6-7H2,1,3-5H3;;;;. The molecule has 0 aliphatic rings. The van der Waals surface area contributed by atoms with Crippen LogP contribution in [0.5, 0.6) is 0 Å². The lowest BCUT2D eigenvalue weighted by molar-refractivity contribution is 0.222. The van der Waals surface area contributed by atoms with Crippen LogP contribution >= 0.6 is 0 Å². The van der Waals surface area contributed by atoms with Crippen LogP contribution in [0.2, 0.25) is 0 Å². The van der Waals surface area contributed by atoms with Crippen LogP contribution in [0.25, 0.3) is 0 Å². The van der Waals surface area contributed by atoms with E-state index >= 15 is 0 Å². The second-order valence-corrected chi connectivity index (χ2v) is 3.06. The van der Waals surface area contributed by atoms with Crippen LogP contribution in [0.15, 0.2) is 0 Å². The van der Waals surface area contributed by atoms with E-state index in [0.717, 1.165) is 12.8 Å². The smallest absolute Gasteiger partial charge is 0.187 e. The van der Waals surface area contributed by atoms with Crippen molar-refractivity contribution in [1.82, 2.24) is 16.0 Å². The average Bonchev–Trinajstić information content (AvgIpc) is 2.13. The van der Waals surface area contributed by atoms with Crippen molar-refractivity contribution in [2.45, 2.75) is 31.5 Å². The number of nitrogens with one attached hydrogen (secondary N) is 3. The van der Waals surface area contributed by atoms with Gasteiger partial charge in [-0.15, -0.1) is 0 Å². The number of hydrogen-bond donors (Lipinski definition) is 3. The maximum atomic E-state index is 4.05. The van der Waals surface area contributed by atoms with Gasteiger partial charge in [0, 0.05) is 6.04 Å². The Morgan fingerprint density at radius 3 is 1.92 bits per heavy atom. The zero-order chi connectivity index (χ0) is 9.61. The number of likely N-dealkylation sites (N-methyl/N-ethyl adjacent to an activating group) is 3. The van der Waals surface area contributed by atoms with Gasteiger partial charge in [-0.2, -0.15) is 0 Å². The van der Waals surface area contributed by atoms with Crippen LogP contribution in [0.1, 0.15) is 19.8 Å². The Bertz CT molecular complexity index is 115. The molecule has 0 aromatic rings. The maximum Gasteiger partial charge on any atom is 0.187 e. The fourth-order valence-corrected chi connectivity index (χ4v) is 1.54. The summed E-state index contributed by atoms with van der Waals surface area (Å²) in [6.07, 6.45) is 2.20. The van der Waals surface area contributed by atoms with Gasteiger partial charge in [0.05, 0.1) is 5.66 Å². The summed E-state index contributed by atoms with van der Waals surface area (Å²) in [7, 11) is 5.85. The normalized spacial score (nSPS) is 13.6. The molecule has 3 N–H and O–H groups in total. The Balaban J connectivity index is 0. The molecule has 0 fully saturated rings. The molecule has 0 bridgehead atoms. The zero-order valence-corrected chi connectivity index (χ0v) is 8.70. The van der Waals surface area contributed by atoms with E-state index in [9.17, 15) is 0 Å².